The first-order valence-electron chi connectivity index (χ1n) is 6.39. The highest BCUT2D eigenvalue weighted by atomic mass is 16.5. The number of rotatable bonds is 2. The van der Waals surface area contributed by atoms with Crippen LogP contribution in [-0.2, 0) is 4.79 Å². The summed E-state index contributed by atoms with van der Waals surface area (Å²) in [6, 6.07) is 4.08. The van der Waals surface area contributed by atoms with Crippen LogP contribution in [-0.4, -0.2) is 30.6 Å². The molecule has 18 heavy (non-hydrogen) atoms. The molecule has 1 aliphatic heterocycles. The summed E-state index contributed by atoms with van der Waals surface area (Å²) in [5.41, 5.74) is 0.791. The lowest BCUT2D eigenvalue weighted by molar-refractivity contribution is -0.115. The molecule has 5 heteroatoms. The number of hydrogen-bond donors (Lipinski definition) is 1. The molecule has 1 amide bonds. The number of fused-ring (bicyclic) bond motifs is 1. The summed E-state index contributed by atoms with van der Waals surface area (Å²) in [6.07, 6.45) is 4.77. The highest BCUT2D eigenvalue weighted by molar-refractivity contribution is 6.00. The van der Waals surface area contributed by atoms with Gasteiger partial charge >= 0.3 is 0 Å². The molecule has 0 bridgehead atoms. The Labute approximate surface area is 106 Å². The minimum absolute atomic E-state index is 0.0429. The molecule has 3 rings (SSSR count). The largest absolute Gasteiger partial charge is 0.481 e. The SMILES string of the molecule is COc1ccc2c(n1)N(C1CCCC1)CC(=O)N2. The monoisotopic (exact) mass is 247 g/mol. The number of carbonyl (C=O) groups is 1. The maximum atomic E-state index is 11.7. The number of amides is 1. The van der Waals surface area contributed by atoms with E-state index in [1.54, 1.807) is 13.2 Å². The van der Waals surface area contributed by atoms with E-state index in [4.69, 9.17) is 4.74 Å². The van der Waals surface area contributed by atoms with Gasteiger partial charge < -0.3 is 15.0 Å². The van der Waals surface area contributed by atoms with Crippen LogP contribution in [0.25, 0.3) is 0 Å². The molecule has 2 heterocycles. The molecule has 0 aromatic carbocycles. The van der Waals surface area contributed by atoms with Crippen molar-refractivity contribution in [2.45, 2.75) is 31.7 Å². The third-order valence-electron chi connectivity index (χ3n) is 3.68. The van der Waals surface area contributed by atoms with E-state index in [1.807, 2.05) is 6.07 Å². The van der Waals surface area contributed by atoms with Crippen LogP contribution in [0.4, 0.5) is 11.5 Å². The van der Waals surface area contributed by atoms with E-state index in [-0.39, 0.29) is 5.91 Å². The van der Waals surface area contributed by atoms with Gasteiger partial charge in [0.05, 0.1) is 19.3 Å². The Morgan fingerprint density at radius 1 is 1.39 bits per heavy atom. The van der Waals surface area contributed by atoms with Gasteiger partial charge in [-0.1, -0.05) is 12.8 Å². The predicted molar refractivity (Wildman–Crippen MR) is 69.0 cm³/mol. The second-order valence-corrected chi connectivity index (χ2v) is 4.84. The zero-order valence-corrected chi connectivity index (χ0v) is 10.5. The number of methoxy groups -OCH3 is 1. The molecular formula is C13H17N3O2. The number of nitrogens with zero attached hydrogens (tertiary/aromatic N) is 2. The molecule has 0 spiro atoms. The third-order valence-corrected chi connectivity index (χ3v) is 3.68. The van der Waals surface area contributed by atoms with Crippen LogP contribution in [0, 0.1) is 0 Å². The summed E-state index contributed by atoms with van der Waals surface area (Å²) in [5, 5.41) is 2.87. The molecule has 0 atom stereocenters. The number of anilines is 2. The average Bonchev–Trinajstić information content (AvgIpc) is 2.91. The van der Waals surface area contributed by atoms with Crippen LogP contribution >= 0.6 is 0 Å². The minimum Gasteiger partial charge on any atom is -0.481 e. The van der Waals surface area contributed by atoms with E-state index < -0.39 is 0 Å². The van der Waals surface area contributed by atoms with Gasteiger partial charge in [-0.05, 0) is 18.9 Å². The average molecular weight is 247 g/mol. The number of carbonyl (C=O) groups excluding carboxylic acids is 1. The lowest BCUT2D eigenvalue weighted by atomic mass is 10.1. The molecule has 1 fully saturated rings. The van der Waals surface area contributed by atoms with E-state index in [2.05, 4.69) is 15.2 Å². The van der Waals surface area contributed by atoms with Crippen molar-refractivity contribution in [3.63, 3.8) is 0 Å². The molecule has 5 nitrogen and oxygen atoms in total. The Bertz CT molecular complexity index is 469. The van der Waals surface area contributed by atoms with Crippen LogP contribution < -0.4 is 15.0 Å². The first kappa shape index (κ1) is 11.3. The molecule has 1 aromatic rings. The minimum atomic E-state index is 0.0429. The van der Waals surface area contributed by atoms with Crippen molar-refractivity contribution in [2.24, 2.45) is 0 Å². The van der Waals surface area contributed by atoms with Gasteiger partial charge in [0.2, 0.25) is 11.8 Å². The zero-order valence-electron chi connectivity index (χ0n) is 10.5. The predicted octanol–water partition coefficient (Wildman–Crippen LogP) is 1.79. The van der Waals surface area contributed by atoms with Crippen molar-refractivity contribution in [3.8, 4) is 5.88 Å². The Balaban J connectivity index is 1.98. The number of nitrogens with one attached hydrogen (secondary N) is 1. The van der Waals surface area contributed by atoms with Gasteiger partial charge in [-0.3, -0.25) is 4.79 Å². The maximum Gasteiger partial charge on any atom is 0.244 e. The Hall–Kier alpha value is -1.78. The summed E-state index contributed by atoms with van der Waals surface area (Å²) in [7, 11) is 1.61. The third kappa shape index (κ3) is 1.89. The van der Waals surface area contributed by atoms with Crippen molar-refractivity contribution in [1.29, 1.82) is 0 Å². The Morgan fingerprint density at radius 3 is 2.89 bits per heavy atom. The van der Waals surface area contributed by atoms with Gasteiger partial charge in [-0.2, -0.15) is 4.98 Å². The van der Waals surface area contributed by atoms with Gasteiger partial charge in [0.1, 0.15) is 0 Å². The van der Waals surface area contributed by atoms with Crippen molar-refractivity contribution >= 4 is 17.4 Å². The summed E-state index contributed by atoms with van der Waals surface area (Å²) in [5.74, 6) is 1.48. The summed E-state index contributed by atoms with van der Waals surface area (Å²) in [6.45, 7) is 0.401. The van der Waals surface area contributed by atoms with Crippen LogP contribution in [0.15, 0.2) is 12.1 Å². The molecule has 0 unspecified atom stereocenters. The lowest BCUT2D eigenvalue weighted by Gasteiger charge is -2.34. The van der Waals surface area contributed by atoms with Crippen LogP contribution in [0.3, 0.4) is 0 Å². The van der Waals surface area contributed by atoms with E-state index in [9.17, 15) is 4.79 Å². The number of ether oxygens (including phenoxy) is 1. The molecule has 1 saturated carbocycles. The van der Waals surface area contributed by atoms with Crippen molar-refractivity contribution < 1.29 is 9.53 Å². The zero-order chi connectivity index (χ0) is 12.5. The summed E-state index contributed by atoms with van der Waals surface area (Å²) in [4.78, 5) is 18.3. The van der Waals surface area contributed by atoms with Crippen LogP contribution in [0.1, 0.15) is 25.7 Å². The van der Waals surface area contributed by atoms with Gasteiger partial charge in [-0.15, -0.1) is 0 Å². The van der Waals surface area contributed by atoms with E-state index in [0.717, 1.165) is 24.3 Å². The molecule has 1 aliphatic carbocycles. The highest BCUT2D eigenvalue weighted by Gasteiger charge is 2.31. The number of pyridine rings is 1. The standard InChI is InChI=1S/C13H17N3O2/c1-18-12-7-6-10-13(15-12)16(8-11(17)14-10)9-4-2-3-5-9/h6-7,9H,2-5,8H2,1H3,(H,14,17). The second kappa shape index (κ2) is 4.48. The first-order valence-corrected chi connectivity index (χ1v) is 6.39. The molecule has 2 aliphatic rings. The topological polar surface area (TPSA) is 54.5 Å². The molecule has 0 radical (unpaired) electrons. The second-order valence-electron chi connectivity index (χ2n) is 4.84. The highest BCUT2D eigenvalue weighted by Crippen LogP contribution is 2.35. The maximum absolute atomic E-state index is 11.7. The smallest absolute Gasteiger partial charge is 0.244 e. The molecule has 0 saturated heterocycles. The molecule has 1 aromatic heterocycles. The summed E-state index contributed by atoms with van der Waals surface area (Å²) >= 11 is 0. The normalized spacial score (nSPS) is 19.6. The fourth-order valence-electron chi connectivity index (χ4n) is 2.80. The number of aromatic nitrogens is 1. The molecule has 96 valence electrons. The van der Waals surface area contributed by atoms with Gasteiger partial charge in [0, 0.05) is 12.1 Å². The van der Waals surface area contributed by atoms with Crippen LogP contribution in [0.5, 0.6) is 5.88 Å². The van der Waals surface area contributed by atoms with Crippen molar-refractivity contribution in [3.05, 3.63) is 12.1 Å². The quantitative estimate of drug-likeness (QED) is 0.865. The van der Waals surface area contributed by atoms with Crippen LogP contribution in [0.2, 0.25) is 0 Å². The Morgan fingerprint density at radius 2 is 2.17 bits per heavy atom. The van der Waals surface area contributed by atoms with E-state index >= 15 is 0 Å². The fraction of sp³-hybridized carbons (Fsp3) is 0.538. The molecular weight excluding hydrogens is 230 g/mol. The van der Waals surface area contributed by atoms with Gasteiger partial charge in [0.25, 0.3) is 0 Å². The fourth-order valence-corrected chi connectivity index (χ4v) is 2.80. The lowest BCUT2D eigenvalue weighted by Crippen LogP contribution is -2.44. The molecule has 1 N–H and O–H groups in total. The van der Waals surface area contributed by atoms with Crippen molar-refractivity contribution in [2.75, 3.05) is 23.9 Å². The van der Waals surface area contributed by atoms with E-state index in [1.165, 1.54) is 12.8 Å². The Kier molecular flexibility index (Phi) is 2.81. The summed E-state index contributed by atoms with van der Waals surface area (Å²) < 4.78 is 5.17. The van der Waals surface area contributed by atoms with Crippen molar-refractivity contribution in [1.82, 2.24) is 4.98 Å². The van der Waals surface area contributed by atoms with Gasteiger partial charge in [0.15, 0.2) is 5.82 Å². The number of hydrogen-bond acceptors (Lipinski definition) is 4. The first-order chi connectivity index (χ1) is 8.78. The van der Waals surface area contributed by atoms with E-state index in [0.29, 0.717) is 18.5 Å². The van der Waals surface area contributed by atoms with Gasteiger partial charge in [-0.25, -0.2) is 0 Å².